The van der Waals surface area contributed by atoms with Crippen LogP contribution >= 0.6 is 11.8 Å². The summed E-state index contributed by atoms with van der Waals surface area (Å²) in [5.41, 5.74) is 1.24. The maximum absolute atomic E-state index is 12.9. The second kappa shape index (κ2) is 8.66. The van der Waals surface area contributed by atoms with Crippen LogP contribution in [0.4, 0.5) is 0 Å². The summed E-state index contributed by atoms with van der Waals surface area (Å²) >= 11 is 1.55. The number of carbonyl (C=O) groups is 1. The third kappa shape index (κ3) is 4.41. The molecule has 1 aliphatic carbocycles. The van der Waals surface area contributed by atoms with Crippen molar-refractivity contribution in [1.82, 2.24) is 24.6 Å². The number of carbonyl (C=O) groups excluding carboxylic acids is 1. The number of thioether (sulfide) groups is 1. The summed E-state index contributed by atoms with van der Waals surface area (Å²) in [7, 11) is 0. The minimum atomic E-state index is -0.154. The van der Waals surface area contributed by atoms with Gasteiger partial charge in [-0.2, -0.15) is 0 Å². The van der Waals surface area contributed by atoms with E-state index in [0.717, 1.165) is 50.2 Å². The van der Waals surface area contributed by atoms with Crippen LogP contribution in [0.25, 0.3) is 0 Å². The lowest BCUT2D eigenvalue weighted by Gasteiger charge is -2.35. The van der Waals surface area contributed by atoms with Crippen molar-refractivity contribution in [3.8, 4) is 0 Å². The van der Waals surface area contributed by atoms with E-state index >= 15 is 0 Å². The van der Waals surface area contributed by atoms with Gasteiger partial charge in [0.2, 0.25) is 5.91 Å². The first-order valence-electron chi connectivity index (χ1n) is 10.3. The molecule has 2 aliphatic rings. The van der Waals surface area contributed by atoms with Crippen LogP contribution in [-0.4, -0.2) is 68.4 Å². The molecule has 0 radical (unpaired) electrons. The van der Waals surface area contributed by atoms with E-state index in [1.54, 1.807) is 11.8 Å². The Morgan fingerprint density at radius 3 is 2.50 bits per heavy atom. The molecule has 7 heteroatoms. The fraction of sp³-hybridized carbons (Fsp3) is 0.571. The minimum Gasteiger partial charge on any atom is -0.339 e. The average Bonchev–Trinajstić information content (AvgIpc) is 3.51. The number of aromatic nitrogens is 3. The normalized spacial score (nSPS) is 19.0. The maximum Gasteiger partial charge on any atom is 0.235 e. The molecule has 2 fully saturated rings. The zero-order valence-corrected chi connectivity index (χ0v) is 17.6. The summed E-state index contributed by atoms with van der Waals surface area (Å²) in [6.45, 7) is 9.57. The molecule has 1 atom stereocenters. The monoisotopic (exact) mass is 399 g/mol. The Labute approximate surface area is 171 Å². The highest BCUT2D eigenvalue weighted by Crippen LogP contribution is 2.40. The van der Waals surface area contributed by atoms with Gasteiger partial charge in [0.1, 0.15) is 5.82 Å². The molecule has 0 bridgehead atoms. The summed E-state index contributed by atoms with van der Waals surface area (Å²) in [5, 5.41) is 9.65. The van der Waals surface area contributed by atoms with Gasteiger partial charge in [0.05, 0.1) is 11.8 Å². The van der Waals surface area contributed by atoms with Crippen LogP contribution in [0.5, 0.6) is 0 Å². The molecule has 1 amide bonds. The molecule has 1 saturated heterocycles. The van der Waals surface area contributed by atoms with E-state index in [1.165, 1.54) is 18.4 Å². The van der Waals surface area contributed by atoms with Gasteiger partial charge in [0, 0.05) is 32.1 Å². The molecular weight excluding hydrogens is 370 g/mol. The lowest BCUT2D eigenvalue weighted by Crippen LogP contribution is -2.50. The molecule has 1 aliphatic heterocycles. The summed E-state index contributed by atoms with van der Waals surface area (Å²) < 4.78 is 2.22. The second-order valence-corrected chi connectivity index (χ2v) is 9.01. The van der Waals surface area contributed by atoms with Crippen molar-refractivity contribution >= 4 is 17.7 Å². The highest BCUT2D eigenvalue weighted by atomic mass is 32.2. The van der Waals surface area contributed by atoms with Gasteiger partial charge in [0.25, 0.3) is 0 Å². The first kappa shape index (κ1) is 19.5. The first-order valence-corrected chi connectivity index (χ1v) is 11.2. The van der Waals surface area contributed by atoms with Crippen LogP contribution in [-0.2, 0) is 11.3 Å². The number of amides is 1. The van der Waals surface area contributed by atoms with Crippen molar-refractivity contribution in [2.45, 2.75) is 49.6 Å². The lowest BCUT2D eigenvalue weighted by molar-refractivity contribution is -0.132. The van der Waals surface area contributed by atoms with Gasteiger partial charge in [0.15, 0.2) is 5.16 Å². The van der Waals surface area contributed by atoms with E-state index in [4.69, 9.17) is 0 Å². The molecule has 28 heavy (non-hydrogen) atoms. The molecule has 2 heterocycles. The van der Waals surface area contributed by atoms with Gasteiger partial charge in [-0.25, -0.2) is 0 Å². The quantitative estimate of drug-likeness (QED) is 0.670. The zero-order valence-electron chi connectivity index (χ0n) is 16.8. The number of likely N-dealkylation sites (N-methyl/N-ethyl adjacent to an activating group) is 1. The van der Waals surface area contributed by atoms with Crippen molar-refractivity contribution in [2.24, 2.45) is 0 Å². The summed E-state index contributed by atoms with van der Waals surface area (Å²) in [4.78, 5) is 17.3. The highest BCUT2D eigenvalue weighted by molar-refractivity contribution is 8.00. The summed E-state index contributed by atoms with van der Waals surface area (Å²) in [6.07, 6.45) is 2.38. The lowest BCUT2D eigenvalue weighted by atomic mass is 10.2. The van der Waals surface area contributed by atoms with Crippen LogP contribution in [0.2, 0.25) is 0 Å². The fourth-order valence-corrected chi connectivity index (χ4v) is 4.63. The molecule has 150 valence electrons. The van der Waals surface area contributed by atoms with Crippen molar-refractivity contribution in [2.75, 3.05) is 32.7 Å². The number of benzene rings is 1. The molecule has 0 spiro atoms. The van der Waals surface area contributed by atoms with Gasteiger partial charge in [-0.1, -0.05) is 49.0 Å². The molecule has 1 aromatic heterocycles. The molecule has 1 aromatic carbocycles. The van der Waals surface area contributed by atoms with Crippen molar-refractivity contribution in [3.05, 3.63) is 41.7 Å². The minimum absolute atomic E-state index is 0.154. The standard InChI is InChI=1S/C21H29N5OS/c1-3-24-11-13-25(14-12-24)20(27)16(2)28-21-23-22-19(18-9-10-18)26(21)15-17-7-5-4-6-8-17/h4-8,16,18H,3,9-15H2,1-2H3/t16-/m1/s1. The maximum atomic E-state index is 12.9. The predicted molar refractivity (Wildman–Crippen MR) is 112 cm³/mol. The van der Waals surface area contributed by atoms with E-state index in [9.17, 15) is 4.79 Å². The van der Waals surface area contributed by atoms with E-state index in [1.807, 2.05) is 17.9 Å². The molecule has 2 aromatic rings. The third-order valence-corrected chi connectivity index (χ3v) is 6.70. The van der Waals surface area contributed by atoms with E-state index in [2.05, 4.69) is 50.9 Å². The zero-order chi connectivity index (χ0) is 19.5. The molecule has 4 rings (SSSR count). The van der Waals surface area contributed by atoms with Gasteiger partial charge >= 0.3 is 0 Å². The molecule has 6 nitrogen and oxygen atoms in total. The van der Waals surface area contributed by atoms with Crippen molar-refractivity contribution in [1.29, 1.82) is 0 Å². The Hall–Kier alpha value is -1.86. The second-order valence-electron chi connectivity index (χ2n) is 7.71. The van der Waals surface area contributed by atoms with Crippen molar-refractivity contribution in [3.63, 3.8) is 0 Å². The van der Waals surface area contributed by atoms with Crippen LogP contribution in [0, 0.1) is 0 Å². The first-order chi connectivity index (χ1) is 13.7. The van der Waals surface area contributed by atoms with Gasteiger partial charge in [-0.3, -0.25) is 4.79 Å². The van der Waals surface area contributed by atoms with Gasteiger partial charge in [-0.05, 0) is 31.9 Å². The Kier molecular flexibility index (Phi) is 6.01. The van der Waals surface area contributed by atoms with Crippen LogP contribution in [0.15, 0.2) is 35.5 Å². The Bertz CT molecular complexity index is 796. The highest BCUT2D eigenvalue weighted by Gasteiger charge is 2.32. The number of hydrogen-bond acceptors (Lipinski definition) is 5. The number of nitrogens with zero attached hydrogens (tertiary/aromatic N) is 5. The van der Waals surface area contributed by atoms with E-state index in [0.29, 0.717) is 5.92 Å². The smallest absolute Gasteiger partial charge is 0.235 e. The number of rotatable bonds is 7. The van der Waals surface area contributed by atoms with E-state index in [-0.39, 0.29) is 11.2 Å². The Morgan fingerprint density at radius 2 is 1.86 bits per heavy atom. The fourth-order valence-electron chi connectivity index (χ4n) is 3.70. The van der Waals surface area contributed by atoms with Crippen LogP contribution < -0.4 is 0 Å². The summed E-state index contributed by atoms with van der Waals surface area (Å²) in [6, 6.07) is 10.4. The molecule has 0 N–H and O–H groups in total. The Morgan fingerprint density at radius 1 is 1.14 bits per heavy atom. The van der Waals surface area contributed by atoms with Crippen LogP contribution in [0.3, 0.4) is 0 Å². The topological polar surface area (TPSA) is 54.3 Å². The van der Waals surface area contributed by atoms with Gasteiger partial charge < -0.3 is 14.4 Å². The SMILES string of the molecule is CCN1CCN(C(=O)[C@@H](C)Sc2nnc(C3CC3)n2Cc2ccccc2)CC1. The molecule has 1 saturated carbocycles. The number of hydrogen-bond donors (Lipinski definition) is 0. The average molecular weight is 400 g/mol. The molecular formula is C21H29N5OS. The van der Waals surface area contributed by atoms with Gasteiger partial charge in [-0.15, -0.1) is 10.2 Å². The predicted octanol–water partition coefficient (Wildman–Crippen LogP) is 2.85. The van der Waals surface area contributed by atoms with Crippen LogP contribution in [0.1, 0.15) is 44.0 Å². The Balaban J connectivity index is 1.46. The van der Waals surface area contributed by atoms with Crippen molar-refractivity contribution < 1.29 is 4.79 Å². The largest absolute Gasteiger partial charge is 0.339 e. The number of piperazine rings is 1. The summed E-state index contributed by atoms with van der Waals surface area (Å²) in [5.74, 6) is 1.81. The van der Waals surface area contributed by atoms with E-state index < -0.39 is 0 Å². The third-order valence-electron chi connectivity index (χ3n) is 5.63. The molecule has 0 unspecified atom stereocenters.